The Kier molecular flexibility index (Phi) is 4.95. The largest absolute Gasteiger partial charge is 0.322 e. The molecule has 0 aliphatic carbocycles. The van der Waals surface area contributed by atoms with Gasteiger partial charge in [0, 0.05) is 29.3 Å². The fourth-order valence-electron chi connectivity index (χ4n) is 3.08. The lowest BCUT2D eigenvalue weighted by Gasteiger charge is -2.17. The van der Waals surface area contributed by atoms with Gasteiger partial charge in [-0.3, -0.25) is 9.59 Å². The Balaban J connectivity index is 1.49. The van der Waals surface area contributed by atoms with Crippen molar-refractivity contribution in [1.82, 2.24) is 9.78 Å². The zero-order valence-electron chi connectivity index (χ0n) is 14.7. The van der Waals surface area contributed by atoms with Crippen LogP contribution in [0.3, 0.4) is 0 Å². The van der Waals surface area contributed by atoms with Crippen molar-refractivity contribution >= 4 is 39.1 Å². The van der Waals surface area contributed by atoms with Crippen LogP contribution in [0, 0.1) is 5.82 Å². The quantitative estimate of drug-likeness (QED) is 0.659. The number of rotatable bonds is 4. The molecular weight excluding hydrogens is 427 g/mol. The van der Waals surface area contributed by atoms with Gasteiger partial charge in [-0.25, -0.2) is 9.07 Å². The van der Waals surface area contributed by atoms with Crippen LogP contribution in [-0.4, -0.2) is 28.1 Å². The molecule has 0 saturated carbocycles. The Morgan fingerprint density at radius 2 is 1.96 bits per heavy atom. The summed E-state index contributed by atoms with van der Waals surface area (Å²) in [6.45, 7) is 0.511. The van der Waals surface area contributed by atoms with E-state index in [4.69, 9.17) is 0 Å². The van der Waals surface area contributed by atoms with Crippen LogP contribution >= 0.6 is 15.9 Å². The fourth-order valence-corrected chi connectivity index (χ4v) is 3.35. The van der Waals surface area contributed by atoms with Crippen LogP contribution < -0.4 is 10.2 Å². The fraction of sp³-hybridized carbons (Fsp3) is 0.150. The molecule has 2 amide bonds. The molecule has 0 unspecified atom stereocenters. The van der Waals surface area contributed by atoms with E-state index in [1.807, 2.05) is 24.3 Å². The molecule has 2 aromatic carbocycles. The van der Waals surface area contributed by atoms with Gasteiger partial charge in [0.1, 0.15) is 5.82 Å². The number of benzene rings is 2. The van der Waals surface area contributed by atoms with E-state index >= 15 is 0 Å². The number of amides is 2. The van der Waals surface area contributed by atoms with Crippen LogP contribution in [0.2, 0.25) is 0 Å². The molecule has 1 fully saturated rings. The van der Waals surface area contributed by atoms with Gasteiger partial charge in [0.05, 0.1) is 23.1 Å². The molecule has 6 nitrogen and oxygen atoms in total. The van der Waals surface area contributed by atoms with E-state index < -0.39 is 11.7 Å². The van der Waals surface area contributed by atoms with Crippen LogP contribution in [-0.2, 0) is 4.79 Å². The smallest absolute Gasteiger partial charge is 0.258 e. The van der Waals surface area contributed by atoms with Crippen molar-refractivity contribution in [3.05, 3.63) is 70.7 Å². The maximum absolute atomic E-state index is 14.4. The van der Waals surface area contributed by atoms with Crippen molar-refractivity contribution in [3.8, 4) is 5.69 Å². The van der Waals surface area contributed by atoms with Crippen molar-refractivity contribution in [2.45, 2.75) is 12.8 Å². The van der Waals surface area contributed by atoms with Crippen LogP contribution in [0.1, 0.15) is 23.2 Å². The van der Waals surface area contributed by atoms with E-state index in [0.29, 0.717) is 24.2 Å². The third-order valence-electron chi connectivity index (χ3n) is 4.51. The summed E-state index contributed by atoms with van der Waals surface area (Å²) in [6.07, 6.45) is 4.20. The predicted octanol–water partition coefficient (Wildman–Crippen LogP) is 4.15. The van der Waals surface area contributed by atoms with Crippen LogP contribution in [0.25, 0.3) is 5.69 Å². The molecule has 0 radical (unpaired) electrons. The lowest BCUT2D eigenvalue weighted by atomic mass is 10.2. The summed E-state index contributed by atoms with van der Waals surface area (Å²) in [5.41, 5.74) is 1.72. The Labute approximate surface area is 169 Å². The molecule has 1 aromatic heterocycles. The first kappa shape index (κ1) is 18.4. The highest BCUT2D eigenvalue weighted by Gasteiger charge is 2.24. The molecule has 1 saturated heterocycles. The second-order valence-corrected chi connectivity index (χ2v) is 7.33. The minimum atomic E-state index is -0.543. The lowest BCUT2D eigenvalue weighted by molar-refractivity contribution is -0.117. The second kappa shape index (κ2) is 7.55. The van der Waals surface area contributed by atoms with E-state index in [-0.39, 0.29) is 11.6 Å². The molecule has 0 atom stereocenters. The first-order valence-electron chi connectivity index (χ1n) is 8.73. The highest BCUT2D eigenvalue weighted by atomic mass is 79.9. The number of nitrogens with zero attached hydrogens (tertiary/aromatic N) is 3. The molecule has 1 N–H and O–H groups in total. The topological polar surface area (TPSA) is 67.2 Å². The highest BCUT2D eigenvalue weighted by Crippen LogP contribution is 2.27. The molecular formula is C20H16BrFN4O2. The predicted molar refractivity (Wildman–Crippen MR) is 107 cm³/mol. The molecule has 1 aliphatic rings. The summed E-state index contributed by atoms with van der Waals surface area (Å²) in [4.78, 5) is 25.7. The molecule has 0 spiro atoms. The van der Waals surface area contributed by atoms with Gasteiger partial charge in [-0.05, 0) is 48.9 Å². The van der Waals surface area contributed by atoms with E-state index in [9.17, 15) is 14.0 Å². The number of halogens is 2. The summed E-state index contributed by atoms with van der Waals surface area (Å²) < 4.78 is 17.0. The Morgan fingerprint density at radius 3 is 2.64 bits per heavy atom. The maximum atomic E-state index is 14.4. The molecule has 2 heterocycles. The lowest BCUT2D eigenvalue weighted by Crippen LogP contribution is -2.24. The molecule has 3 aromatic rings. The molecule has 142 valence electrons. The van der Waals surface area contributed by atoms with E-state index in [1.165, 1.54) is 23.2 Å². The van der Waals surface area contributed by atoms with Crippen molar-refractivity contribution in [2.24, 2.45) is 0 Å². The van der Waals surface area contributed by atoms with E-state index in [0.717, 1.165) is 16.6 Å². The summed E-state index contributed by atoms with van der Waals surface area (Å²) >= 11 is 3.37. The standard InChI is InChI=1S/C20H16BrFN4O2/c21-14-3-6-16(7-4-14)26-12-13(11-23-26)20(28)24-15-5-8-18(17(22)10-15)25-9-1-2-19(25)27/h3-8,10-12H,1-2,9H2,(H,24,28). The molecule has 8 heteroatoms. The average molecular weight is 443 g/mol. The van der Waals surface area contributed by atoms with Crippen molar-refractivity contribution < 1.29 is 14.0 Å². The van der Waals surface area contributed by atoms with Crippen LogP contribution in [0.5, 0.6) is 0 Å². The van der Waals surface area contributed by atoms with Crippen molar-refractivity contribution in [2.75, 3.05) is 16.8 Å². The number of anilines is 2. The summed E-state index contributed by atoms with van der Waals surface area (Å²) in [7, 11) is 0. The monoisotopic (exact) mass is 442 g/mol. The number of nitrogens with one attached hydrogen (secondary N) is 1. The number of carbonyl (C=O) groups is 2. The third kappa shape index (κ3) is 3.68. The minimum Gasteiger partial charge on any atom is -0.322 e. The first-order chi connectivity index (χ1) is 13.5. The molecule has 0 bridgehead atoms. The number of hydrogen-bond acceptors (Lipinski definition) is 3. The van der Waals surface area contributed by atoms with Gasteiger partial charge < -0.3 is 10.2 Å². The van der Waals surface area contributed by atoms with Gasteiger partial charge in [-0.15, -0.1) is 0 Å². The summed E-state index contributed by atoms with van der Waals surface area (Å²) in [5.74, 6) is -1.03. The SMILES string of the molecule is O=C(Nc1ccc(N2CCCC2=O)c(F)c1)c1cnn(-c2ccc(Br)cc2)c1. The zero-order valence-corrected chi connectivity index (χ0v) is 16.3. The zero-order chi connectivity index (χ0) is 19.7. The Hall–Kier alpha value is -3.00. The van der Waals surface area contributed by atoms with Crippen molar-refractivity contribution in [1.29, 1.82) is 0 Å². The third-order valence-corrected chi connectivity index (χ3v) is 5.03. The average Bonchev–Trinajstić information content (AvgIpc) is 3.32. The van der Waals surface area contributed by atoms with Gasteiger partial charge >= 0.3 is 0 Å². The Morgan fingerprint density at radius 1 is 1.18 bits per heavy atom. The molecule has 28 heavy (non-hydrogen) atoms. The van der Waals surface area contributed by atoms with E-state index in [1.54, 1.807) is 16.9 Å². The van der Waals surface area contributed by atoms with Gasteiger partial charge in [0.15, 0.2) is 0 Å². The van der Waals surface area contributed by atoms with E-state index in [2.05, 4.69) is 26.3 Å². The van der Waals surface area contributed by atoms with Gasteiger partial charge in [-0.1, -0.05) is 15.9 Å². The van der Waals surface area contributed by atoms with Crippen LogP contribution in [0.15, 0.2) is 59.3 Å². The normalized spacial score (nSPS) is 13.8. The van der Waals surface area contributed by atoms with Crippen LogP contribution in [0.4, 0.5) is 15.8 Å². The van der Waals surface area contributed by atoms with Crippen molar-refractivity contribution in [3.63, 3.8) is 0 Å². The summed E-state index contributed by atoms with van der Waals surface area (Å²) in [5, 5.41) is 6.85. The second-order valence-electron chi connectivity index (χ2n) is 6.42. The Bertz CT molecular complexity index is 1050. The van der Waals surface area contributed by atoms with Gasteiger partial charge in [0.25, 0.3) is 5.91 Å². The molecule has 4 rings (SSSR count). The first-order valence-corrected chi connectivity index (χ1v) is 9.52. The van der Waals surface area contributed by atoms with Gasteiger partial charge in [0.2, 0.25) is 5.91 Å². The minimum absolute atomic E-state index is 0.0870. The number of hydrogen-bond donors (Lipinski definition) is 1. The highest BCUT2D eigenvalue weighted by molar-refractivity contribution is 9.10. The molecule has 1 aliphatic heterocycles. The maximum Gasteiger partial charge on any atom is 0.258 e. The number of aromatic nitrogens is 2. The number of carbonyl (C=O) groups excluding carboxylic acids is 2. The summed E-state index contributed by atoms with van der Waals surface area (Å²) in [6, 6.07) is 11.8. The van der Waals surface area contributed by atoms with Gasteiger partial charge in [-0.2, -0.15) is 5.10 Å².